The van der Waals surface area contributed by atoms with Gasteiger partial charge in [-0.3, -0.25) is 89.4 Å². The molecule has 12 N–H and O–H groups in total. The number of anilines is 4. The lowest BCUT2D eigenvalue weighted by molar-refractivity contribution is -0.119. The number of nitrogens with one attached hydrogen (secondary N) is 12. The monoisotopic (exact) mass is 1930 g/mol. The van der Waals surface area contributed by atoms with Crippen LogP contribution in [0.5, 0.6) is 0 Å². The van der Waals surface area contributed by atoms with Gasteiger partial charge in [0.2, 0.25) is 17.7 Å². The van der Waals surface area contributed by atoms with Gasteiger partial charge >= 0.3 is 0 Å². The molecule has 0 aliphatic carbocycles. The Kier molecular flexibility index (Phi) is 25.3. The average Bonchev–Trinajstić information content (AvgIpc) is 1.63. The SMILES string of the molecule is CC(C)C(=O)Nc1cncc(-c2ccc3[nH]nc(-c4nc5c(-c6ccccc6)cncc5[nH]4)c3c2)c1.CC(C)CC(=O)Nc1cncc(-c2ccc3[nH]nc(-c4nc5c(-c6cccnc6)cncc5[nH]4)c3c2)c1.CCC(=O)Nc1cncc(-c2ccc3[nH]nc(-c4nc5c(-c6ccccc6)cncc5[nH]4)c3c2)c1.O=C(Nc1cncc(-c2ccc3[nH]nc(-c4nc5c(-c6cccnc6)cncc5[nH]4)c3c2)c1)c1ccccc1. The molecular weight excluding hydrogens is 1840 g/mol. The number of benzene rings is 7. The van der Waals surface area contributed by atoms with Crippen LogP contribution in [0.2, 0.25) is 0 Å². The Morgan fingerprint density at radius 1 is 0.272 bits per heavy atom. The largest absolute Gasteiger partial charge is 0.335 e. The number of aromatic amines is 8. The van der Waals surface area contributed by atoms with Crippen LogP contribution in [0.3, 0.4) is 0 Å². The summed E-state index contributed by atoms with van der Waals surface area (Å²) in [6, 6.07) is 68.8. The molecule has 0 saturated heterocycles. The Hall–Kier alpha value is -20.3. The van der Waals surface area contributed by atoms with E-state index in [0.29, 0.717) is 75.8 Å². The molecule has 34 nitrogen and oxygen atoms in total. The Morgan fingerprint density at radius 3 is 0.891 bits per heavy atom. The highest BCUT2D eigenvalue weighted by Crippen LogP contribution is 2.41. The van der Waals surface area contributed by atoms with Gasteiger partial charge in [0, 0.05) is 176 Å². The van der Waals surface area contributed by atoms with E-state index >= 15 is 0 Å². The van der Waals surface area contributed by atoms with Crippen LogP contribution in [0.25, 0.3) is 223 Å². The number of pyridine rings is 10. The van der Waals surface area contributed by atoms with Crippen molar-refractivity contribution < 1.29 is 19.2 Å². The summed E-state index contributed by atoms with van der Waals surface area (Å²) in [5.74, 6) is 2.47. The van der Waals surface area contributed by atoms with E-state index in [-0.39, 0.29) is 35.5 Å². The van der Waals surface area contributed by atoms with Crippen molar-refractivity contribution in [1.82, 2.24) is 131 Å². The van der Waals surface area contributed by atoms with Gasteiger partial charge < -0.3 is 41.2 Å². The highest BCUT2D eigenvalue weighted by atomic mass is 16.2. The third-order valence-electron chi connectivity index (χ3n) is 24.7. The molecule has 0 saturated carbocycles. The van der Waals surface area contributed by atoms with Crippen molar-refractivity contribution >= 4 is 134 Å². The highest BCUT2D eigenvalue weighted by molar-refractivity contribution is 6.07. The predicted octanol–water partition coefficient (Wildman–Crippen LogP) is 22.9. The minimum absolute atomic E-state index is 0.0217. The first kappa shape index (κ1) is 91.7. The van der Waals surface area contributed by atoms with Crippen molar-refractivity contribution in [2.45, 2.75) is 47.5 Å². The quantitative estimate of drug-likeness (QED) is 0.0318. The normalized spacial score (nSPS) is 11.3. The van der Waals surface area contributed by atoms with Gasteiger partial charge in [0.15, 0.2) is 23.3 Å². The van der Waals surface area contributed by atoms with Gasteiger partial charge in [-0.05, 0) is 136 Å². The van der Waals surface area contributed by atoms with Crippen molar-refractivity contribution in [3.8, 4) is 135 Å². The number of nitrogens with zero attached hydrogens (tertiary/aromatic N) is 18. The Labute approximate surface area is 836 Å². The molecule has 18 heterocycles. The number of imidazole rings is 4. The van der Waals surface area contributed by atoms with E-state index in [1.807, 2.05) is 229 Å². The lowest BCUT2D eigenvalue weighted by Gasteiger charge is -2.09. The average molecular weight is 1930 g/mol. The molecule has 34 heteroatoms. The molecule has 147 heavy (non-hydrogen) atoms. The third-order valence-corrected chi connectivity index (χ3v) is 24.7. The van der Waals surface area contributed by atoms with Gasteiger partial charge in [0.25, 0.3) is 5.91 Å². The molecule has 0 bridgehead atoms. The maximum Gasteiger partial charge on any atom is 0.255 e. The van der Waals surface area contributed by atoms with Crippen LogP contribution in [0.15, 0.2) is 336 Å². The van der Waals surface area contributed by atoms with Crippen molar-refractivity contribution in [1.29, 1.82) is 0 Å². The number of rotatable bonds is 21. The Balaban J connectivity index is 0.000000111. The van der Waals surface area contributed by atoms with E-state index in [4.69, 9.17) is 19.9 Å². The molecule has 0 fully saturated rings. The first-order valence-electron chi connectivity index (χ1n) is 47.3. The molecule has 0 radical (unpaired) electrons. The second-order valence-electron chi connectivity index (χ2n) is 35.6. The summed E-state index contributed by atoms with van der Waals surface area (Å²) < 4.78 is 0. The fourth-order valence-corrected chi connectivity index (χ4v) is 17.4. The third kappa shape index (κ3) is 19.5. The van der Waals surface area contributed by atoms with Crippen molar-refractivity contribution in [3.05, 3.63) is 342 Å². The van der Waals surface area contributed by atoms with Crippen LogP contribution in [-0.2, 0) is 14.4 Å². The molecule has 0 aliphatic rings. The summed E-state index contributed by atoms with van der Waals surface area (Å²) in [7, 11) is 0. The maximum atomic E-state index is 12.6. The number of hydrogen-bond donors (Lipinski definition) is 12. The van der Waals surface area contributed by atoms with Gasteiger partial charge in [-0.25, -0.2) is 19.9 Å². The molecule has 0 unspecified atom stereocenters. The number of carbonyl (C=O) groups is 4. The van der Waals surface area contributed by atoms with E-state index in [1.54, 1.807) is 124 Å². The minimum atomic E-state index is -0.188. The van der Waals surface area contributed by atoms with E-state index in [2.05, 4.69) is 150 Å². The van der Waals surface area contributed by atoms with E-state index in [9.17, 15) is 19.2 Å². The molecule has 18 aromatic heterocycles. The standard InChI is InChI=1S/C30H20N8O.C28H24N8O.C28H23N7O.C27H21N7O/c39-30(18-5-2-1-3-6-18)34-22-11-21(14-32-15-22)19-8-9-25-23(12-19)28(38-37-25)29-35-26-17-33-16-24(27(26)36-29)20-7-4-10-31-13-20;1-16(2)8-25(37)32-20-9-19(12-30-13-20)17-5-6-23-21(10-17)27(36-35-23)28-33-24-15-31-14-22(26(24)34-28)18-4-3-7-29-11-18;1-16(2)28(36)31-20-10-19(12-29-13-20)18-8-9-23-21(11-18)26(35-34-23)27-32-24-15-30-14-22(25(24)33-27)17-6-4-3-5-7-17;1-2-24(35)30-19-10-18(12-28-13-19)17-8-9-22-20(11-17)26(34-33-22)27-31-23-15-29-14-21(25(23)32-27)16-6-4-3-5-7-16/h1-17H,(H,34,39)(H,35,36)(H,37,38);3-7,9-16H,8H2,1-2H3,(H,32,37)(H,33,34)(H,35,36);3-16H,1-2H3,(H,31,36)(H,32,33)(H,34,35);3-15H,2H2,1H3,(H,30,35)(H,31,32)(H,33,34). The highest BCUT2D eigenvalue weighted by Gasteiger charge is 2.25. The first-order chi connectivity index (χ1) is 72.0. The van der Waals surface area contributed by atoms with Gasteiger partial charge in [0.05, 0.1) is 127 Å². The molecule has 4 amide bonds. The molecule has 7 aromatic carbocycles. The summed E-state index contributed by atoms with van der Waals surface area (Å²) in [6.45, 7) is 9.57. The molecule has 714 valence electrons. The topological polar surface area (TPSA) is 475 Å². The van der Waals surface area contributed by atoms with E-state index in [0.717, 1.165) is 188 Å². The lowest BCUT2D eigenvalue weighted by Crippen LogP contribution is -2.17. The van der Waals surface area contributed by atoms with Gasteiger partial charge in [-0.15, -0.1) is 0 Å². The summed E-state index contributed by atoms with van der Waals surface area (Å²) in [5, 5.41) is 46.0. The van der Waals surface area contributed by atoms with Crippen LogP contribution in [0, 0.1) is 11.8 Å². The fourth-order valence-electron chi connectivity index (χ4n) is 17.4. The second-order valence-corrected chi connectivity index (χ2v) is 35.6. The zero-order chi connectivity index (χ0) is 100.0. The van der Waals surface area contributed by atoms with Crippen molar-refractivity contribution in [2.75, 3.05) is 21.3 Å². The van der Waals surface area contributed by atoms with Crippen LogP contribution in [0.1, 0.15) is 57.8 Å². The number of H-pyrrole nitrogens is 8. The second kappa shape index (κ2) is 40.5. The maximum absolute atomic E-state index is 12.6. The summed E-state index contributed by atoms with van der Waals surface area (Å²) in [6.07, 6.45) is 36.0. The molecule has 0 atom stereocenters. The van der Waals surface area contributed by atoms with Crippen molar-refractivity contribution in [2.24, 2.45) is 11.8 Å². The molecule has 0 aliphatic heterocycles. The molecule has 0 spiro atoms. The van der Waals surface area contributed by atoms with Crippen LogP contribution < -0.4 is 21.3 Å². The van der Waals surface area contributed by atoms with Crippen LogP contribution in [0.4, 0.5) is 22.7 Å². The minimum Gasteiger partial charge on any atom is -0.335 e. The van der Waals surface area contributed by atoms with Crippen molar-refractivity contribution in [3.63, 3.8) is 0 Å². The number of carbonyl (C=O) groups excluding carboxylic acids is 4. The van der Waals surface area contributed by atoms with Gasteiger partial charge in [-0.2, -0.15) is 20.4 Å². The van der Waals surface area contributed by atoms with E-state index < -0.39 is 0 Å². The predicted molar refractivity (Wildman–Crippen MR) is 571 cm³/mol. The van der Waals surface area contributed by atoms with Crippen LogP contribution in [-0.4, -0.2) is 154 Å². The zero-order valence-electron chi connectivity index (χ0n) is 79.5. The summed E-state index contributed by atoms with van der Waals surface area (Å²) in [5.41, 5.74) is 31.3. The first-order valence-corrected chi connectivity index (χ1v) is 47.3. The summed E-state index contributed by atoms with van der Waals surface area (Å²) in [4.78, 5) is 125. The molecule has 25 rings (SSSR count). The fraction of sp³-hybridized carbons (Fsp3) is 0.0796. The zero-order valence-corrected chi connectivity index (χ0v) is 79.5. The molecular formula is C113H88N30O4. The lowest BCUT2D eigenvalue weighted by atomic mass is 10.0. The Bertz CT molecular complexity index is 9210. The van der Waals surface area contributed by atoms with Crippen LogP contribution >= 0.6 is 0 Å². The number of fused-ring (bicyclic) bond motifs is 8. The van der Waals surface area contributed by atoms with Gasteiger partial charge in [0.1, 0.15) is 33.8 Å². The summed E-state index contributed by atoms with van der Waals surface area (Å²) >= 11 is 0. The number of hydrogen-bond acceptors (Lipinski definition) is 22. The number of aromatic nitrogens is 26. The number of amides is 4. The molecule has 25 aromatic rings. The van der Waals surface area contributed by atoms with E-state index in [1.165, 1.54) is 0 Å². The van der Waals surface area contributed by atoms with Gasteiger partial charge in [-0.1, -0.05) is 150 Å². The Morgan fingerprint density at radius 2 is 0.571 bits per heavy atom. The smallest absolute Gasteiger partial charge is 0.255 e.